The summed E-state index contributed by atoms with van der Waals surface area (Å²) < 4.78 is 5.44. The highest BCUT2D eigenvalue weighted by Crippen LogP contribution is 2.20. The van der Waals surface area contributed by atoms with Gasteiger partial charge in [-0.2, -0.15) is 0 Å². The number of H-pyrrole nitrogens is 1. The highest BCUT2D eigenvalue weighted by atomic mass is 16.6. The summed E-state index contributed by atoms with van der Waals surface area (Å²) in [5.74, 6) is 1.02. The predicted molar refractivity (Wildman–Crippen MR) is 108 cm³/mol. The number of nitrogens with zero attached hydrogens (tertiary/aromatic N) is 2. The van der Waals surface area contributed by atoms with Crippen LogP contribution >= 0.6 is 0 Å². The van der Waals surface area contributed by atoms with Gasteiger partial charge in [-0.1, -0.05) is 19.1 Å². The molecule has 7 heteroatoms. The molecule has 0 radical (unpaired) electrons. The molecule has 1 saturated heterocycles. The molecule has 3 rings (SSSR count). The molecule has 0 bridgehead atoms. The molecule has 7 nitrogen and oxygen atoms in total. The van der Waals surface area contributed by atoms with Gasteiger partial charge in [-0.25, -0.2) is 9.78 Å². The first kappa shape index (κ1) is 20.2. The zero-order valence-electron chi connectivity index (χ0n) is 17.1. The second kappa shape index (κ2) is 8.20. The normalized spacial score (nSPS) is 20.2. The number of imidazole rings is 1. The number of benzene rings is 1. The van der Waals surface area contributed by atoms with Crippen molar-refractivity contribution in [2.24, 2.45) is 5.92 Å². The maximum Gasteiger partial charge on any atom is 0.410 e. The third-order valence-electron chi connectivity index (χ3n) is 4.93. The predicted octanol–water partition coefficient (Wildman–Crippen LogP) is 3.26. The standard InChI is InChI=1S/C21H30N4O3/c1-14-13-25(20(27)28-21(2,3)4)12-11-15(14)24-19(26)10-9-18-22-16-7-5-6-8-17(16)23-18/h5-8,14-15H,9-13H2,1-4H3,(H,22,23)(H,24,26)/t14-,15-/m0/s1. The molecule has 2 heterocycles. The van der Waals surface area contributed by atoms with Gasteiger partial charge in [0.05, 0.1) is 11.0 Å². The van der Waals surface area contributed by atoms with Crippen LogP contribution in [0.15, 0.2) is 24.3 Å². The number of carbonyl (C=O) groups excluding carboxylic acids is 2. The Hall–Kier alpha value is -2.57. The van der Waals surface area contributed by atoms with E-state index in [0.717, 1.165) is 23.3 Å². The van der Waals surface area contributed by atoms with Gasteiger partial charge in [0.1, 0.15) is 11.4 Å². The van der Waals surface area contributed by atoms with Crippen molar-refractivity contribution in [1.82, 2.24) is 20.2 Å². The lowest BCUT2D eigenvalue weighted by Gasteiger charge is -2.37. The van der Waals surface area contributed by atoms with Crippen LogP contribution < -0.4 is 5.32 Å². The second-order valence-corrected chi connectivity index (χ2v) is 8.57. The summed E-state index contributed by atoms with van der Waals surface area (Å²) in [5, 5.41) is 3.12. The molecular weight excluding hydrogens is 356 g/mol. The van der Waals surface area contributed by atoms with Crippen LogP contribution in [0.1, 0.15) is 46.4 Å². The highest BCUT2D eigenvalue weighted by Gasteiger charge is 2.31. The zero-order chi connectivity index (χ0) is 20.3. The molecule has 1 aromatic heterocycles. The van der Waals surface area contributed by atoms with Gasteiger partial charge in [-0.15, -0.1) is 0 Å². The number of hydrogen-bond donors (Lipinski definition) is 2. The van der Waals surface area contributed by atoms with E-state index in [0.29, 0.717) is 25.9 Å². The summed E-state index contributed by atoms with van der Waals surface area (Å²) >= 11 is 0. The first-order valence-electron chi connectivity index (χ1n) is 9.92. The fourth-order valence-electron chi connectivity index (χ4n) is 3.49. The van der Waals surface area contributed by atoms with E-state index < -0.39 is 5.60 Å². The van der Waals surface area contributed by atoms with E-state index in [-0.39, 0.29) is 24.0 Å². The molecule has 2 atom stereocenters. The number of para-hydroxylation sites is 2. The van der Waals surface area contributed by atoms with Crippen molar-refractivity contribution in [3.63, 3.8) is 0 Å². The van der Waals surface area contributed by atoms with Crippen LogP contribution in [0.2, 0.25) is 0 Å². The summed E-state index contributed by atoms with van der Waals surface area (Å²) in [6, 6.07) is 7.91. The fourth-order valence-corrected chi connectivity index (χ4v) is 3.49. The monoisotopic (exact) mass is 386 g/mol. The molecule has 2 amide bonds. The van der Waals surface area contributed by atoms with Crippen molar-refractivity contribution in [2.75, 3.05) is 13.1 Å². The maximum absolute atomic E-state index is 12.4. The van der Waals surface area contributed by atoms with Gasteiger partial charge in [0, 0.05) is 32.0 Å². The van der Waals surface area contributed by atoms with E-state index in [9.17, 15) is 9.59 Å². The molecule has 0 aliphatic carbocycles. The highest BCUT2D eigenvalue weighted by molar-refractivity contribution is 5.77. The Labute approximate surface area is 165 Å². The summed E-state index contributed by atoms with van der Waals surface area (Å²) in [5.41, 5.74) is 1.41. The number of aromatic amines is 1. The van der Waals surface area contributed by atoms with Crippen molar-refractivity contribution in [3.05, 3.63) is 30.1 Å². The van der Waals surface area contributed by atoms with Crippen LogP contribution in [0, 0.1) is 5.92 Å². The lowest BCUT2D eigenvalue weighted by atomic mass is 9.94. The average molecular weight is 386 g/mol. The molecule has 1 fully saturated rings. The van der Waals surface area contributed by atoms with Crippen LogP contribution in [-0.2, 0) is 16.0 Å². The molecule has 0 spiro atoms. The third kappa shape index (κ3) is 5.24. The molecule has 0 saturated carbocycles. The van der Waals surface area contributed by atoms with Gasteiger partial charge < -0.3 is 19.9 Å². The fraction of sp³-hybridized carbons (Fsp3) is 0.571. The van der Waals surface area contributed by atoms with E-state index in [1.165, 1.54) is 0 Å². The molecule has 28 heavy (non-hydrogen) atoms. The summed E-state index contributed by atoms with van der Waals surface area (Å²) in [7, 11) is 0. The average Bonchev–Trinajstić information content (AvgIpc) is 3.03. The number of aromatic nitrogens is 2. The Morgan fingerprint density at radius 3 is 2.75 bits per heavy atom. The number of amides is 2. The number of ether oxygens (including phenoxy) is 1. The number of likely N-dealkylation sites (tertiary alicyclic amines) is 1. The molecule has 1 aliphatic rings. The lowest BCUT2D eigenvalue weighted by molar-refractivity contribution is -0.122. The lowest BCUT2D eigenvalue weighted by Crippen LogP contribution is -2.52. The Morgan fingerprint density at radius 1 is 1.32 bits per heavy atom. The van der Waals surface area contributed by atoms with Crippen LogP contribution in [0.3, 0.4) is 0 Å². The van der Waals surface area contributed by atoms with Crippen molar-refractivity contribution >= 4 is 23.0 Å². The van der Waals surface area contributed by atoms with Gasteiger partial charge in [-0.3, -0.25) is 4.79 Å². The van der Waals surface area contributed by atoms with Gasteiger partial charge in [0.2, 0.25) is 5.91 Å². The minimum Gasteiger partial charge on any atom is -0.444 e. The van der Waals surface area contributed by atoms with Crippen molar-refractivity contribution in [1.29, 1.82) is 0 Å². The van der Waals surface area contributed by atoms with Gasteiger partial charge in [0.25, 0.3) is 0 Å². The van der Waals surface area contributed by atoms with Crippen LogP contribution in [0.5, 0.6) is 0 Å². The first-order valence-corrected chi connectivity index (χ1v) is 9.92. The number of piperidine rings is 1. The van der Waals surface area contributed by atoms with Crippen molar-refractivity contribution in [3.8, 4) is 0 Å². The largest absolute Gasteiger partial charge is 0.444 e. The topological polar surface area (TPSA) is 87.3 Å². The first-order chi connectivity index (χ1) is 13.2. The van der Waals surface area contributed by atoms with E-state index in [4.69, 9.17) is 4.74 Å². The van der Waals surface area contributed by atoms with Gasteiger partial charge >= 0.3 is 6.09 Å². The second-order valence-electron chi connectivity index (χ2n) is 8.57. The zero-order valence-corrected chi connectivity index (χ0v) is 17.1. The summed E-state index contributed by atoms with van der Waals surface area (Å²) in [6.45, 7) is 8.83. The van der Waals surface area contributed by atoms with E-state index in [1.54, 1.807) is 4.90 Å². The number of rotatable bonds is 4. The molecule has 1 aliphatic heterocycles. The molecule has 152 valence electrons. The van der Waals surface area contributed by atoms with E-state index in [2.05, 4.69) is 22.2 Å². The number of fused-ring (bicyclic) bond motifs is 1. The van der Waals surface area contributed by atoms with E-state index in [1.807, 2.05) is 45.0 Å². The Morgan fingerprint density at radius 2 is 2.07 bits per heavy atom. The smallest absolute Gasteiger partial charge is 0.410 e. The number of carbonyl (C=O) groups is 2. The Bertz CT molecular complexity index is 807. The Kier molecular flexibility index (Phi) is 5.91. The molecule has 2 N–H and O–H groups in total. The van der Waals surface area contributed by atoms with Crippen LogP contribution in [0.4, 0.5) is 4.79 Å². The van der Waals surface area contributed by atoms with Gasteiger partial charge in [-0.05, 0) is 45.2 Å². The SMILES string of the molecule is C[C@H]1CN(C(=O)OC(C)(C)C)CC[C@@H]1NC(=O)CCc1nc2ccccc2[nH]1. The molecular formula is C21H30N4O3. The van der Waals surface area contributed by atoms with Gasteiger partial charge in [0.15, 0.2) is 0 Å². The minimum absolute atomic E-state index is 0.0167. The summed E-state index contributed by atoms with van der Waals surface area (Å²) in [4.78, 5) is 34.1. The molecule has 0 unspecified atom stereocenters. The third-order valence-corrected chi connectivity index (χ3v) is 4.93. The minimum atomic E-state index is -0.498. The van der Waals surface area contributed by atoms with Crippen molar-refractivity contribution < 1.29 is 14.3 Å². The van der Waals surface area contributed by atoms with Crippen LogP contribution in [0.25, 0.3) is 11.0 Å². The molecule has 2 aromatic rings. The Balaban J connectivity index is 1.46. The van der Waals surface area contributed by atoms with E-state index >= 15 is 0 Å². The summed E-state index contributed by atoms with van der Waals surface area (Å²) in [6.07, 6.45) is 1.41. The molecule has 1 aromatic carbocycles. The quantitative estimate of drug-likeness (QED) is 0.844. The van der Waals surface area contributed by atoms with Crippen LogP contribution in [-0.4, -0.2) is 51.6 Å². The number of nitrogens with one attached hydrogen (secondary N) is 2. The number of hydrogen-bond acceptors (Lipinski definition) is 4. The van der Waals surface area contributed by atoms with Crippen molar-refractivity contribution in [2.45, 2.75) is 58.6 Å². The maximum atomic E-state index is 12.4. The number of aryl methyl sites for hydroxylation is 1.